The van der Waals surface area contributed by atoms with Crippen molar-refractivity contribution in [3.63, 3.8) is 0 Å². The number of imidazole rings is 1. The summed E-state index contributed by atoms with van der Waals surface area (Å²) in [6, 6.07) is 7.90. The number of anilines is 1. The summed E-state index contributed by atoms with van der Waals surface area (Å²) >= 11 is 0. The van der Waals surface area contributed by atoms with Crippen LogP contribution in [0.2, 0.25) is 0 Å². The van der Waals surface area contributed by atoms with Crippen molar-refractivity contribution in [2.45, 2.75) is 38.8 Å². The number of hydrogen-bond donors (Lipinski definition) is 2. The molecule has 2 aromatic heterocycles. The largest absolute Gasteiger partial charge is 0.479 e. The molecule has 0 bridgehead atoms. The number of methoxy groups -OCH3 is 1. The Labute approximate surface area is 202 Å². The lowest BCUT2D eigenvalue weighted by Crippen LogP contribution is -2.36. The fraction of sp³-hybridized carbons (Fsp3) is 0.455. The molecule has 0 aliphatic heterocycles. The molecule has 3 N–H and O–H groups in total. The van der Waals surface area contributed by atoms with Gasteiger partial charge in [0.05, 0.1) is 26.7 Å². The van der Waals surface area contributed by atoms with Gasteiger partial charge in [0.2, 0.25) is 11.8 Å². The SMILES string of the molecule is CCOC(=O)[C@H](C)NP(=O)(OCC1CC(n2cnc3c(OC)nc(N)nc32)C1)Oc1ccccc1. The molecule has 0 saturated heterocycles. The van der Waals surface area contributed by atoms with Gasteiger partial charge in [-0.3, -0.25) is 9.32 Å². The molecule has 35 heavy (non-hydrogen) atoms. The molecular weight excluding hydrogens is 475 g/mol. The van der Waals surface area contributed by atoms with Gasteiger partial charge in [-0.1, -0.05) is 18.2 Å². The number of para-hydroxylation sites is 1. The Morgan fingerprint density at radius 1 is 1.29 bits per heavy atom. The zero-order valence-electron chi connectivity index (χ0n) is 19.8. The first kappa shape index (κ1) is 24.9. The van der Waals surface area contributed by atoms with Gasteiger partial charge in [-0.15, -0.1) is 0 Å². The number of nitrogen functional groups attached to an aromatic ring is 1. The minimum Gasteiger partial charge on any atom is -0.479 e. The van der Waals surface area contributed by atoms with Crippen LogP contribution in [0, 0.1) is 5.92 Å². The van der Waals surface area contributed by atoms with Gasteiger partial charge in [-0.2, -0.15) is 15.1 Å². The van der Waals surface area contributed by atoms with Crippen molar-refractivity contribution in [2.24, 2.45) is 5.92 Å². The Morgan fingerprint density at radius 2 is 2.03 bits per heavy atom. The van der Waals surface area contributed by atoms with E-state index in [1.165, 1.54) is 7.11 Å². The standard InChI is InChI=1S/C22H29N6O6P/c1-4-32-21(29)14(2)27-35(30,34-17-8-6-5-7-9-17)33-12-15-10-16(11-15)28-13-24-18-19(28)25-22(23)26-20(18)31-3/h5-9,13-16H,4,10-12H2,1-3H3,(H,27,30)(H2,23,25,26)/t14-,15?,16?,35?/m0/s1. The minimum absolute atomic E-state index is 0.107. The van der Waals surface area contributed by atoms with Gasteiger partial charge in [0.25, 0.3) is 0 Å². The average molecular weight is 504 g/mol. The number of hydrogen-bond acceptors (Lipinski definition) is 10. The Hall–Kier alpha value is -3.21. The lowest BCUT2D eigenvalue weighted by Gasteiger charge is -2.36. The number of nitrogens with two attached hydrogens (primary N) is 1. The second kappa shape index (κ2) is 10.6. The van der Waals surface area contributed by atoms with E-state index in [1.54, 1.807) is 44.4 Å². The van der Waals surface area contributed by atoms with Crippen molar-refractivity contribution in [3.8, 4) is 11.6 Å². The summed E-state index contributed by atoms with van der Waals surface area (Å²) in [5.41, 5.74) is 6.95. The number of benzene rings is 1. The fourth-order valence-electron chi connectivity index (χ4n) is 3.85. The summed E-state index contributed by atoms with van der Waals surface area (Å²) in [7, 11) is -2.36. The first-order valence-corrected chi connectivity index (χ1v) is 12.8. The molecule has 0 radical (unpaired) electrons. The lowest BCUT2D eigenvalue weighted by atomic mass is 9.81. The van der Waals surface area contributed by atoms with Crippen molar-refractivity contribution in [1.82, 2.24) is 24.6 Å². The second-order valence-electron chi connectivity index (χ2n) is 8.21. The van der Waals surface area contributed by atoms with E-state index in [0.29, 0.717) is 22.8 Å². The molecule has 12 nitrogen and oxygen atoms in total. The van der Waals surface area contributed by atoms with Crippen molar-refractivity contribution in [1.29, 1.82) is 0 Å². The highest BCUT2D eigenvalue weighted by Gasteiger charge is 2.37. The first-order valence-electron chi connectivity index (χ1n) is 11.3. The van der Waals surface area contributed by atoms with Crippen LogP contribution in [0.5, 0.6) is 11.6 Å². The highest BCUT2D eigenvalue weighted by molar-refractivity contribution is 7.52. The topological polar surface area (TPSA) is 153 Å². The van der Waals surface area contributed by atoms with Crippen LogP contribution in [0.3, 0.4) is 0 Å². The van der Waals surface area contributed by atoms with E-state index < -0.39 is 19.8 Å². The lowest BCUT2D eigenvalue weighted by molar-refractivity contribution is -0.144. The van der Waals surface area contributed by atoms with Gasteiger partial charge >= 0.3 is 13.7 Å². The molecule has 2 heterocycles. The molecule has 1 aliphatic rings. The highest BCUT2D eigenvalue weighted by atomic mass is 31.2. The van der Waals surface area contributed by atoms with Crippen LogP contribution < -0.4 is 20.1 Å². The monoisotopic (exact) mass is 504 g/mol. The third kappa shape index (κ3) is 5.72. The quantitative estimate of drug-likeness (QED) is 0.292. The van der Waals surface area contributed by atoms with E-state index in [9.17, 15) is 9.36 Å². The number of carbonyl (C=O) groups is 1. The summed E-state index contributed by atoms with van der Waals surface area (Å²) in [5, 5.41) is 2.69. The van der Waals surface area contributed by atoms with E-state index in [2.05, 4.69) is 20.0 Å². The van der Waals surface area contributed by atoms with E-state index in [1.807, 2.05) is 10.6 Å². The minimum atomic E-state index is -3.87. The van der Waals surface area contributed by atoms with Gasteiger partial charge in [-0.25, -0.2) is 9.55 Å². The Kier molecular flexibility index (Phi) is 7.54. The van der Waals surface area contributed by atoms with E-state index in [4.69, 9.17) is 24.3 Å². The van der Waals surface area contributed by atoms with Crippen LogP contribution in [0.25, 0.3) is 11.2 Å². The zero-order chi connectivity index (χ0) is 25.0. The number of nitrogens with one attached hydrogen (secondary N) is 1. The Bertz CT molecular complexity index is 1220. The predicted molar refractivity (Wildman–Crippen MR) is 128 cm³/mol. The molecule has 1 saturated carbocycles. The highest BCUT2D eigenvalue weighted by Crippen LogP contribution is 2.48. The van der Waals surface area contributed by atoms with Gasteiger partial charge < -0.3 is 24.3 Å². The van der Waals surface area contributed by atoms with Gasteiger partial charge in [0, 0.05) is 6.04 Å². The van der Waals surface area contributed by atoms with Crippen molar-refractivity contribution in [2.75, 3.05) is 26.1 Å². The van der Waals surface area contributed by atoms with E-state index >= 15 is 0 Å². The number of fused-ring (bicyclic) bond motifs is 1. The van der Waals surface area contributed by atoms with Crippen LogP contribution >= 0.6 is 7.75 Å². The normalized spacial score (nSPS) is 20.0. The molecule has 0 amide bonds. The van der Waals surface area contributed by atoms with Crippen LogP contribution in [0.4, 0.5) is 5.95 Å². The summed E-state index contributed by atoms with van der Waals surface area (Å²) < 4.78 is 37.1. The van der Waals surface area contributed by atoms with Gasteiger partial charge in [0.15, 0.2) is 11.2 Å². The number of carbonyl (C=O) groups excluding carboxylic acids is 1. The van der Waals surface area contributed by atoms with E-state index in [0.717, 1.165) is 12.8 Å². The molecule has 1 aliphatic carbocycles. The maximum Gasteiger partial charge on any atom is 0.459 e. The third-order valence-corrected chi connectivity index (χ3v) is 7.29. The van der Waals surface area contributed by atoms with Crippen LogP contribution in [-0.2, 0) is 18.6 Å². The molecule has 188 valence electrons. The molecule has 4 rings (SSSR count). The van der Waals surface area contributed by atoms with E-state index in [-0.39, 0.29) is 31.1 Å². The van der Waals surface area contributed by atoms with Crippen molar-refractivity contribution in [3.05, 3.63) is 36.7 Å². The van der Waals surface area contributed by atoms with Crippen LogP contribution in [0.1, 0.15) is 32.7 Å². The molecule has 2 atom stereocenters. The number of nitrogens with zero attached hydrogens (tertiary/aromatic N) is 4. The molecule has 1 fully saturated rings. The summed E-state index contributed by atoms with van der Waals surface area (Å²) in [6.45, 7) is 3.64. The summed E-state index contributed by atoms with van der Waals surface area (Å²) in [6.07, 6.45) is 3.18. The smallest absolute Gasteiger partial charge is 0.459 e. The van der Waals surface area contributed by atoms with Gasteiger partial charge in [-0.05, 0) is 44.7 Å². The fourth-order valence-corrected chi connectivity index (χ4v) is 5.42. The Morgan fingerprint density at radius 3 is 2.71 bits per heavy atom. The molecule has 3 aromatic rings. The summed E-state index contributed by atoms with van der Waals surface area (Å²) in [4.78, 5) is 24.8. The molecule has 1 aromatic carbocycles. The maximum absolute atomic E-state index is 13.5. The molecule has 13 heteroatoms. The Balaban J connectivity index is 1.41. The second-order valence-corrected chi connectivity index (χ2v) is 9.90. The molecule has 0 spiro atoms. The average Bonchev–Trinajstić information content (AvgIpc) is 3.21. The number of rotatable bonds is 11. The first-order chi connectivity index (χ1) is 16.8. The molecule has 1 unspecified atom stereocenters. The predicted octanol–water partition coefficient (Wildman–Crippen LogP) is 3.11. The number of aromatic nitrogens is 4. The third-order valence-electron chi connectivity index (χ3n) is 5.65. The zero-order valence-corrected chi connectivity index (χ0v) is 20.7. The number of esters is 1. The van der Waals surface area contributed by atoms with Crippen molar-refractivity contribution < 1.29 is 27.9 Å². The van der Waals surface area contributed by atoms with Crippen molar-refractivity contribution >= 4 is 30.8 Å². The van der Waals surface area contributed by atoms with Crippen LogP contribution in [0.15, 0.2) is 36.7 Å². The number of ether oxygens (including phenoxy) is 2. The summed E-state index contributed by atoms with van der Waals surface area (Å²) in [5.74, 6) is 0.371. The van der Waals surface area contributed by atoms with Gasteiger partial charge in [0.1, 0.15) is 11.8 Å². The van der Waals surface area contributed by atoms with Crippen LogP contribution in [-0.4, -0.2) is 51.9 Å². The molecular formula is C22H29N6O6P. The maximum atomic E-state index is 13.5.